The lowest BCUT2D eigenvalue weighted by atomic mass is 10.2. The van der Waals surface area contributed by atoms with Gasteiger partial charge in [-0.05, 0) is 42.5 Å². The number of sulfonamides is 1. The number of amides is 1. The lowest BCUT2D eigenvalue weighted by Crippen LogP contribution is -2.25. The Labute approximate surface area is 137 Å². The standard InChI is InChI=1S/C15H14F2N2O4S/c1-19(23-2)24(21,22)12-6-4-11(5-7-12)18-15(20)13-9-10(16)3-8-14(13)17/h3-9H,1-2H3,(H,18,20). The van der Waals surface area contributed by atoms with Crippen molar-refractivity contribution in [3.05, 3.63) is 59.7 Å². The van der Waals surface area contributed by atoms with Crippen molar-refractivity contribution in [2.24, 2.45) is 0 Å². The molecule has 0 fully saturated rings. The average molecular weight is 356 g/mol. The zero-order valence-electron chi connectivity index (χ0n) is 12.8. The van der Waals surface area contributed by atoms with E-state index in [1.807, 2.05) is 0 Å². The molecule has 0 saturated heterocycles. The fourth-order valence-corrected chi connectivity index (χ4v) is 2.80. The normalized spacial score (nSPS) is 11.5. The van der Waals surface area contributed by atoms with Crippen LogP contribution in [0.2, 0.25) is 0 Å². The number of benzene rings is 2. The summed E-state index contributed by atoms with van der Waals surface area (Å²) in [4.78, 5) is 16.6. The van der Waals surface area contributed by atoms with Crippen molar-refractivity contribution in [1.29, 1.82) is 0 Å². The molecule has 0 spiro atoms. The van der Waals surface area contributed by atoms with E-state index in [1.54, 1.807) is 0 Å². The van der Waals surface area contributed by atoms with Crippen LogP contribution in [-0.2, 0) is 14.9 Å². The quantitative estimate of drug-likeness (QED) is 0.835. The van der Waals surface area contributed by atoms with Gasteiger partial charge < -0.3 is 5.32 Å². The van der Waals surface area contributed by atoms with Crippen molar-refractivity contribution in [3.63, 3.8) is 0 Å². The van der Waals surface area contributed by atoms with Crippen LogP contribution in [0.25, 0.3) is 0 Å². The maximum Gasteiger partial charge on any atom is 0.264 e. The fourth-order valence-electron chi connectivity index (χ4n) is 1.83. The highest BCUT2D eigenvalue weighted by molar-refractivity contribution is 7.89. The van der Waals surface area contributed by atoms with E-state index in [4.69, 9.17) is 0 Å². The van der Waals surface area contributed by atoms with Crippen molar-refractivity contribution in [2.75, 3.05) is 19.5 Å². The van der Waals surface area contributed by atoms with E-state index in [1.165, 1.54) is 38.4 Å². The Morgan fingerprint density at radius 2 is 1.75 bits per heavy atom. The Kier molecular flexibility index (Phi) is 5.27. The molecule has 2 aromatic rings. The SMILES string of the molecule is CON(C)S(=O)(=O)c1ccc(NC(=O)c2cc(F)ccc2F)cc1. The van der Waals surface area contributed by atoms with Gasteiger partial charge in [-0.15, -0.1) is 0 Å². The summed E-state index contributed by atoms with van der Waals surface area (Å²) in [6.07, 6.45) is 0. The minimum Gasteiger partial charge on any atom is -0.322 e. The van der Waals surface area contributed by atoms with Gasteiger partial charge in [0, 0.05) is 12.7 Å². The van der Waals surface area contributed by atoms with Crippen LogP contribution < -0.4 is 5.32 Å². The summed E-state index contributed by atoms with van der Waals surface area (Å²) in [5.41, 5.74) is -0.228. The Morgan fingerprint density at radius 1 is 1.12 bits per heavy atom. The molecule has 0 radical (unpaired) electrons. The predicted octanol–water partition coefficient (Wildman–Crippen LogP) is 2.40. The molecule has 9 heteroatoms. The van der Waals surface area contributed by atoms with E-state index >= 15 is 0 Å². The van der Waals surface area contributed by atoms with E-state index in [0.29, 0.717) is 4.47 Å². The highest BCUT2D eigenvalue weighted by atomic mass is 32.2. The Morgan fingerprint density at radius 3 is 2.33 bits per heavy atom. The largest absolute Gasteiger partial charge is 0.322 e. The molecule has 0 aliphatic heterocycles. The maximum atomic E-state index is 13.5. The third kappa shape index (κ3) is 3.75. The van der Waals surface area contributed by atoms with Gasteiger partial charge in [0.15, 0.2) is 0 Å². The number of rotatable bonds is 5. The topological polar surface area (TPSA) is 75.7 Å². The first kappa shape index (κ1) is 18.0. The Balaban J connectivity index is 2.20. The molecular weight excluding hydrogens is 342 g/mol. The van der Waals surface area contributed by atoms with Crippen LogP contribution in [0.5, 0.6) is 0 Å². The summed E-state index contributed by atoms with van der Waals surface area (Å²) in [5, 5.41) is 2.36. The Bertz CT molecular complexity index is 854. The molecule has 128 valence electrons. The number of nitrogens with zero attached hydrogens (tertiary/aromatic N) is 1. The molecule has 1 amide bonds. The lowest BCUT2D eigenvalue weighted by molar-refractivity contribution is -0.0258. The van der Waals surface area contributed by atoms with E-state index in [0.717, 1.165) is 18.2 Å². The molecule has 1 N–H and O–H groups in total. The monoisotopic (exact) mass is 356 g/mol. The molecule has 0 aromatic heterocycles. The van der Waals surface area contributed by atoms with E-state index < -0.39 is 33.1 Å². The van der Waals surface area contributed by atoms with Gasteiger partial charge in [-0.2, -0.15) is 0 Å². The first-order chi connectivity index (χ1) is 11.3. The maximum absolute atomic E-state index is 13.5. The number of halogens is 2. The van der Waals surface area contributed by atoms with Gasteiger partial charge in [0.2, 0.25) is 0 Å². The molecule has 0 atom stereocenters. The van der Waals surface area contributed by atoms with Crippen molar-refractivity contribution in [2.45, 2.75) is 4.90 Å². The molecule has 24 heavy (non-hydrogen) atoms. The van der Waals surface area contributed by atoms with Gasteiger partial charge in [-0.3, -0.25) is 9.63 Å². The molecule has 0 saturated carbocycles. The molecule has 0 unspecified atom stereocenters. The number of nitrogens with one attached hydrogen (secondary N) is 1. The molecule has 2 rings (SSSR count). The molecule has 2 aromatic carbocycles. The molecule has 0 aliphatic carbocycles. The number of hydrogen-bond acceptors (Lipinski definition) is 4. The second-order valence-electron chi connectivity index (χ2n) is 4.70. The minimum absolute atomic E-state index is 0.0539. The summed E-state index contributed by atoms with van der Waals surface area (Å²) in [6, 6.07) is 7.68. The first-order valence-electron chi connectivity index (χ1n) is 6.65. The third-order valence-electron chi connectivity index (χ3n) is 3.18. The van der Waals surface area contributed by atoms with Crippen molar-refractivity contribution in [3.8, 4) is 0 Å². The summed E-state index contributed by atoms with van der Waals surface area (Å²) in [5.74, 6) is -2.46. The van der Waals surface area contributed by atoms with Gasteiger partial charge in [-0.25, -0.2) is 17.2 Å². The van der Waals surface area contributed by atoms with Gasteiger partial charge in [0.25, 0.3) is 15.9 Å². The van der Waals surface area contributed by atoms with Gasteiger partial charge in [0.1, 0.15) is 11.6 Å². The molecule has 0 aliphatic rings. The molecule has 6 nitrogen and oxygen atoms in total. The number of carbonyl (C=O) groups excluding carboxylic acids is 1. The number of carbonyl (C=O) groups is 1. The van der Waals surface area contributed by atoms with Gasteiger partial charge in [-0.1, -0.05) is 4.47 Å². The van der Waals surface area contributed by atoms with Gasteiger partial charge >= 0.3 is 0 Å². The second kappa shape index (κ2) is 7.04. The third-order valence-corrected chi connectivity index (χ3v) is 4.87. The highest BCUT2D eigenvalue weighted by Crippen LogP contribution is 2.19. The zero-order valence-corrected chi connectivity index (χ0v) is 13.6. The molecular formula is C15H14F2N2O4S. The predicted molar refractivity (Wildman–Crippen MR) is 82.7 cm³/mol. The van der Waals surface area contributed by atoms with Crippen LogP contribution in [0.3, 0.4) is 0 Å². The van der Waals surface area contributed by atoms with E-state index in [2.05, 4.69) is 10.2 Å². The number of hydroxylamine groups is 1. The van der Waals surface area contributed by atoms with Crippen LogP contribution >= 0.6 is 0 Å². The summed E-state index contributed by atoms with van der Waals surface area (Å²) < 4.78 is 51.4. The minimum atomic E-state index is -3.81. The first-order valence-corrected chi connectivity index (χ1v) is 8.09. The van der Waals surface area contributed by atoms with Crippen LogP contribution in [-0.4, -0.2) is 33.0 Å². The van der Waals surface area contributed by atoms with E-state index in [9.17, 15) is 22.0 Å². The smallest absolute Gasteiger partial charge is 0.264 e. The molecule has 0 heterocycles. The van der Waals surface area contributed by atoms with Crippen LogP contribution in [0, 0.1) is 11.6 Å². The van der Waals surface area contributed by atoms with Crippen LogP contribution in [0.4, 0.5) is 14.5 Å². The zero-order chi connectivity index (χ0) is 17.9. The van der Waals surface area contributed by atoms with Crippen molar-refractivity contribution >= 4 is 21.6 Å². The van der Waals surface area contributed by atoms with Gasteiger partial charge in [0.05, 0.1) is 17.6 Å². The van der Waals surface area contributed by atoms with E-state index in [-0.39, 0.29) is 10.6 Å². The second-order valence-corrected chi connectivity index (χ2v) is 6.64. The number of anilines is 1. The average Bonchev–Trinajstić information content (AvgIpc) is 2.56. The molecule has 0 bridgehead atoms. The summed E-state index contributed by atoms with van der Waals surface area (Å²) >= 11 is 0. The Hall–Kier alpha value is -2.36. The lowest BCUT2D eigenvalue weighted by Gasteiger charge is -2.14. The van der Waals surface area contributed by atoms with Crippen molar-refractivity contribution < 1.29 is 26.8 Å². The number of hydrogen-bond donors (Lipinski definition) is 1. The van der Waals surface area contributed by atoms with Crippen LogP contribution in [0.1, 0.15) is 10.4 Å². The summed E-state index contributed by atoms with van der Waals surface area (Å²) in [6.45, 7) is 0. The van der Waals surface area contributed by atoms with Crippen molar-refractivity contribution in [1.82, 2.24) is 4.47 Å². The fraction of sp³-hybridized carbons (Fsp3) is 0.133. The van der Waals surface area contributed by atoms with Crippen LogP contribution in [0.15, 0.2) is 47.4 Å². The summed E-state index contributed by atoms with van der Waals surface area (Å²) in [7, 11) is -1.37. The highest BCUT2D eigenvalue weighted by Gasteiger charge is 2.20.